The zero-order chi connectivity index (χ0) is 27.1. The van der Waals surface area contributed by atoms with E-state index in [9.17, 15) is 14.4 Å². The Morgan fingerprint density at radius 2 is 1.87 bits per heavy atom. The van der Waals surface area contributed by atoms with E-state index in [1.807, 2.05) is 48.6 Å². The number of halogens is 1. The average molecular weight is 595 g/mol. The van der Waals surface area contributed by atoms with Crippen LogP contribution in [0.4, 0.5) is 5.69 Å². The Morgan fingerprint density at radius 3 is 2.62 bits per heavy atom. The number of likely N-dealkylation sites (tertiary alicyclic amines) is 1. The predicted octanol–water partition coefficient (Wildman–Crippen LogP) is 4.20. The van der Waals surface area contributed by atoms with Crippen molar-refractivity contribution in [2.75, 3.05) is 12.4 Å². The van der Waals surface area contributed by atoms with Crippen molar-refractivity contribution in [3.8, 4) is 5.75 Å². The van der Waals surface area contributed by atoms with E-state index in [1.54, 1.807) is 24.1 Å². The van der Waals surface area contributed by atoms with E-state index < -0.39 is 29.6 Å². The van der Waals surface area contributed by atoms with Gasteiger partial charge in [-0.1, -0.05) is 59.5 Å². The lowest BCUT2D eigenvalue weighted by molar-refractivity contribution is -0.142. The van der Waals surface area contributed by atoms with Gasteiger partial charge in [0.1, 0.15) is 17.4 Å². The molecule has 0 aromatic heterocycles. The van der Waals surface area contributed by atoms with Gasteiger partial charge in [-0.3, -0.25) is 14.4 Å². The van der Waals surface area contributed by atoms with Crippen molar-refractivity contribution < 1.29 is 23.9 Å². The van der Waals surface area contributed by atoms with Crippen LogP contribution in [0.25, 0.3) is 0 Å². The molecule has 1 saturated carbocycles. The molecule has 204 valence electrons. The molecule has 3 heterocycles. The van der Waals surface area contributed by atoms with Gasteiger partial charge in [0.25, 0.3) is 0 Å². The fourth-order valence-corrected chi connectivity index (χ4v) is 6.96. The Bertz CT molecular complexity index is 1310. The number of carbonyl (C=O) groups is 3. The quantitative estimate of drug-likeness (QED) is 0.469. The van der Waals surface area contributed by atoms with Crippen LogP contribution in [0.3, 0.4) is 0 Å². The van der Waals surface area contributed by atoms with Crippen LogP contribution >= 0.6 is 15.9 Å². The highest BCUT2D eigenvalue weighted by molar-refractivity contribution is 9.10. The molecule has 9 heteroatoms. The van der Waals surface area contributed by atoms with Crippen molar-refractivity contribution in [2.24, 2.45) is 11.8 Å². The first-order valence-corrected chi connectivity index (χ1v) is 14.4. The smallest absolute Gasteiger partial charge is 0.246 e. The summed E-state index contributed by atoms with van der Waals surface area (Å²) in [6, 6.07) is 14.0. The number of ether oxygens (including phenoxy) is 2. The highest BCUT2D eigenvalue weighted by atomic mass is 79.9. The molecule has 4 aliphatic rings. The molecule has 3 aliphatic heterocycles. The summed E-state index contributed by atoms with van der Waals surface area (Å²) in [7, 11) is 1.59. The Balaban J connectivity index is 1.32. The van der Waals surface area contributed by atoms with E-state index in [4.69, 9.17) is 9.47 Å². The lowest BCUT2D eigenvalue weighted by atomic mass is 9.74. The zero-order valence-electron chi connectivity index (χ0n) is 21.8. The van der Waals surface area contributed by atoms with Crippen LogP contribution in [-0.4, -0.2) is 53.5 Å². The number of nitrogens with zero attached hydrogens (tertiary/aromatic N) is 1. The summed E-state index contributed by atoms with van der Waals surface area (Å²) in [6.07, 6.45) is 8.29. The van der Waals surface area contributed by atoms with E-state index in [0.717, 1.165) is 35.7 Å². The van der Waals surface area contributed by atoms with Crippen molar-refractivity contribution in [3.63, 3.8) is 0 Å². The van der Waals surface area contributed by atoms with Gasteiger partial charge in [0, 0.05) is 22.7 Å². The van der Waals surface area contributed by atoms with E-state index in [-0.39, 0.29) is 30.3 Å². The van der Waals surface area contributed by atoms with E-state index in [2.05, 4.69) is 26.6 Å². The summed E-state index contributed by atoms with van der Waals surface area (Å²) < 4.78 is 12.7. The van der Waals surface area contributed by atoms with Gasteiger partial charge in [-0.2, -0.15) is 0 Å². The van der Waals surface area contributed by atoms with Crippen molar-refractivity contribution in [1.29, 1.82) is 0 Å². The summed E-state index contributed by atoms with van der Waals surface area (Å²) in [5.74, 6) is -1.63. The van der Waals surface area contributed by atoms with Gasteiger partial charge in [0.15, 0.2) is 0 Å². The third kappa shape index (κ3) is 4.65. The Kier molecular flexibility index (Phi) is 6.97. The van der Waals surface area contributed by atoms with E-state index in [0.29, 0.717) is 11.4 Å². The summed E-state index contributed by atoms with van der Waals surface area (Å²) in [4.78, 5) is 43.3. The SMILES string of the molecule is COc1cccc(CN2C(=O)[C@H]3[C@H](C(=O)Nc4ccc(Br)cc4)[C@H]4C=C[C@@]3(O4)[C@@H]2C(=O)NC2CCCCC2)c1. The molecule has 2 saturated heterocycles. The maximum Gasteiger partial charge on any atom is 0.246 e. The number of fused-ring (bicyclic) bond motifs is 1. The zero-order valence-corrected chi connectivity index (χ0v) is 23.4. The van der Waals surface area contributed by atoms with Gasteiger partial charge in [-0.05, 0) is 54.8 Å². The second kappa shape index (κ2) is 10.4. The van der Waals surface area contributed by atoms with Crippen molar-refractivity contribution in [2.45, 2.75) is 62.4 Å². The predicted molar refractivity (Wildman–Crippen MR) is 149 cm³/mol. The summed E-state index contributed by atoms with van der Waals surface area (Å²) in [5.41, 5.74) is 0.277. The van der Waals surface area contributed by atoms with Crippen LogP contribution in [-0.2, 0) is 25.7 Å². The molecular weight excluding hydrogens is 562 g/mol. The Labute approximate surface area is 236 Å². The van der Waals surface area contributed by atoms with Gasteiger partial charge in [-0.15, -0.1) is 0 Å². The first-order valence-electron chi connectivity index (χ1n) is 13.6. The second-order valence-electron chi connectivity index (χ2n) is 10.9. The molecule has 39 heavy (non-hydrogen) atoms. The minimum absolute atomic E-state index is 0.0783. The number of hydrogen-bond donors (Lipinski definition) is 2. The van der Waals surface area contributed by atoms with Crippen LogP contribution in [0.1, 0.15) is 37.7 Å². The molecule has 1 spiro atoms. The Hall–Kier alpha value is -3.17. The van der Waals surface area contributed by atoms with Crippen LogP contribution in [0.15, 0.2) is 65.2 Å². The number of hydrogen-bond acceptors (Lipinski definition) is 5. The van der Waals surface area contributed by atoms with Crippen LogP contribution < -0.4 is 15.4 Å². The molecule has 6 rings (SSSR count). The molecule has 2 bridgehead atoms. The second-order valence-corrected chi connectivity index (χ2v) is 11.8. The van der Waals surface area contributed by atoms with E-state index in [1.165, 1.54) is 6.42 Å². The lowest BCUT2D eigenvalue weighted by Crippen LogP contribution is -2.56. The molecule has 2 aromatic carbocycles. The summed E-state index contributed by atoms with van der Waals surface area (Å²) in [5, 5.41) is 6.18. The number of rotatable bonds is 7. The fourth-order valence-electron chi connectivity index (χ4n) is 6.69. The largest absolute Gasteiger partial charge is 0.497 e. The third-order valence-corrected chi connectivity index (χ3v) is 9.00. The Morgan fingerprint density at radius 1 is 1.10 bits per heavy atom. The van der Waals surface area contributed by atoms with Gasteiger partial charge < -0.3 is 25.0 Å². The maximum absolute atomic E-state index is 14.2. The molecule has 2 aromatic rings. The standard InChI is InChI=1S/C30H32BrN3O5/c1-38-22-9-5-6-18(16-22)17-34-26(28(36)33-20-7-3-2-4-8-20)30-15-14-23(39-30)24(25(30)29(34)37)27(35)32-21-12-10-19(31)11-13-21/h5-6,9-16,20,23-26H,2-4,7-8,17H2,1H3,(H,32,35)(H,33,36)/t23-,24-,25-,26+,30+/m1/s1. The molecule has 1 aliphatic carbocycles. The minimum atomic E-state index is -1.19. The number of carbonyl (C=O) groups excluding carboxylic acids is 3. The van der Waals surface area contributed by atoms with Gasteiger partial charge in [-0.25, -0.2) is 0 Å². The number of amides is 3. The molecule has 0 unspecified atom stereocenters. The van der Waals surface area contributed by atoms with Crippen molar-refractivity contribution in [1.82, 2.24) is 10.2 Å². The number of anilines is 1. The van der Waals surface area contributed by atoms with Crippen LogP contribution in [0.5, 0.6) is 5.75 Å². The fraction of sp³-hybridized carbons (Fsp3) is 0.433. The average Bonchev–Trinajstić information content (AvgIpc) is 3.58. The highest BCUT2D eigenvalue weighted by Gasteiger charge is 2.72. The monoisotopic (exact) mass is 593 g/mol. The minimum Gasteiger partial charge on any atom is -0.497 e. The number of methoxy groups -OCH3 is 1. The van der Waals surface area contributed by atoms with Crippen molar-refractivity contribution >= 4 is 39.3 Å². The lowest BCUT2D eigenvalue weighted by Gasteiger charge is -2.34. The van der Waals surface area contributed by atoms with Crippen LogP contribution in [0, 0.1) is 11.8 Å². The molecule has 0 radical (unpaired) electrons. The summed E-state index contributed by atoms with van der Waals surface area (Å²) >= 11 is 3.41. The molecule has 2 N–H and O–H groups in total. The normalized spacial score (nSPS) is 29.4. The van der Waals surface area contributed by atoms with Crippen molar-refractivity contribution in [3.05, 3.63) is 70.7 Å². The summed E-state index contributed by atoms with van der Waals surface area (Å²) in [6.45, 7) is 0.208. The first kappa shape index (κ1) is 26.1. The molecule has 8 nitrogen and oxygen atoms in total. The van der Waals surface area contributed by atoms with Gasteiger partial charge in [0.05, 0.1) is 25.0 Å². The molecule has 5 atom stereocenters. The topological polar surface area (TPSA) is 97.0 Å². The molecule has 3 amide bonds. The van der Waals surface area contributed by atoms with Gasteiger partial charge in [0.2, 0.25) is 17.7 Å². The molecular formula is C30H32BrN3O5. The first-order chi connectivity index (χ1) is 18.9. The number of benzene rings is 2. The van der Waals surface area contributed by atoms with E-state index >= 15 is 0 Å². The van der Waals surface area contributed by atoms with Gasteiger partial charge >= 0.3 is 0 Å². The third-order valence-electron chi connectivity index (χ3n) is 8.48. The number of nitrogens with one attached hydrogen (secondary N) is 2. The highest BCUT2D eigenvalue weighted by Crippen LogP contribution is 2.55. The van der Waals surface area contributed by atoms with Crippen LogP contribution in [0.2, 0.25) is 0 Å². The maximum atomic E-state index is 14.2. The molecule has 3 fully saturated rings.